The van der Waals surface area contributed by atoms with Crippen LogP contribution >= 0.6 is 11.6 Å². The fraction of sp³-hybridized carbons (Fsp3) is 0.227. The number of carbonyl (C=O) groups is 1. The van der Waals surface area contributed by atoms with E-state index < -0.39 is 40.8 Å². The Kier molecular flexibility index (Phi) is 5.68. The van der Waals surface area contributed by atoms with E-state index in [0.29, 0.717) is 34.7 Å². The number of benzene rings is 1. The van der Waals surface area contributed by atoms with Crippen LogP contribution in [0.2, 0.25) is 5.02 Å². The Labute approximate surface area is 185 Å². The molecular formula is C22H17ClF3N3O3. The summed E-state index contributed by atoms with van der Waals surface area (Å²) in [6.07, 6.45) is -2.34. The average molecular weight is 464 g/mol. The van der Waals surface area contributed by atoms with Gasteiger partial charge < -0.3 is 8.98 Å². The Morgan fingerprint density at radius 3 is 2.59 bits per heavy atom. The quantitative estimate of drug-likeness (QED) is 0.558. The molecule has 10 heteroatoms. The summed E-state index contributed by atoms with van der Waals surface area (Å²) in [6, 6.07) is 10.9. The lowest BCUT2D eigenvalue weighted by Gasteiger charge is -2.20. The van der Waals surface area contributed by atoms with Crippen LogP contribution in [0.5, 0.6) is 0 Å². The second-order valence-electron chi connectivity index (χ2n) is 7.39. The predicted octanol–water partition coefficient (Wildman–Crippen LogP) is 4.80. The molecule has 3 aromatic rings. The highest BCUT2D eigenvalue weighted by Crippen LogP contribution is 2.34. The van der Waals surface area contributed by atoms with Crippen molar-refractivity contribution < 1.29 is 22.4 Å². The number of alkyl halides is 3. The van der Waals surface area contributed by atoms with Gasteiger partial charge in [-0.3, -0.25) is 9.59 Å². The third kappa shape index (κ3) is 4.34. The molecule has 0 saturated heterocycles. The van der Waals surface area contributed by atoms with E-state index in [-0.39, 0.29) is 0 Å². The van der Waals surface area contributed by atoms with E-state index in [1.807, 2.05) is 31.2 Å². The molecule has 2 aromatic heterocycles. The van der Waals surface area contributed by atoms with Crippen LogP contribution in [0.3, 0.4) is 0 Å². The van der Waals surface area contributed by atoms with Gasteiger partial charge in [0.25, 0.3) is 11.5 Å². The van der Waals surface area contributed by atoms with Gasteiger partial charge >= 0.3 is 6.18 Å². The van der Waals surface area contributed by atoms with Crippen molar-refractivity contribution in [3.8, 4) is 0 Å². The zero-order valence-corrected chi connectivity index (χ0v) is 17.5. The van der Waals surface area contributed by atoms with Crippen LogP contribution in [-0.4, -0.2) is 21.2 Å². The SMILES string of the molecule is Cc1ccc(C2=NN(C(=O)Cn3cc(C(F)(F)F)cc(Cl)c3=O)[C@H](c3ccco3)C2)cc1. The van der Waals surface area contributed by atoms with Crippen LogP contribution in [0, 0.1) is 6.92 Å². The van der Waals surface area contributed by atoms with Crippen LogP contribution in [0.1, 0.15) is 34.9 Å². The molecule has 32 heavy (non-hydrogen) atoms. The van der Waals surface area contributed by atoms with Gasteiger partial charge in [-0.05, 0) is 30.7 Å². The van der Waals surface area contributed by atoms with Crippen molar-refractivity contribution in [3.05, 3.63) is 92.8 Å². The van der Waals surface area contributed by atoms with Gasteiger partial charge in [0, 0.05) is 12.6 Å². The number of furan rings is 1. The normalized spacial score (nSPS) is 16.3. The molecule has 1 atom stereocenters. The largest absolute Gasteiger partial charge is 0.467 e. The fourth-order valence-electron chi connectivity index (χ4n) is 3.45. The molecule has 0 radical (unpaired) electrons. The standard InChI is InChI=1S/C22H17ClF3N3O3/c1-13-4-6-14(7-5-13)17-10-18(19-3-2-8-32-19)29(27-17)20(30)12-28-11-15(22(24,25)26)9-16(23)21(28)31/h2-9,11,18H,10,12H2,1H3/t18-/m0/s1. The minimum absolute atomic E-state index is 0.348. The van der Waals surface area contributed by atoms with Gasteiger partial charge in [-0.15, -0.1) is 0 Å². The molecule has 0 spiro atoms. The topological polar surface area (TPSA) is 67.8 Å². The van der Waals surface area contributed by atoms with E-state index in [1.54, 1.807) is 12.1 Å². The Hall–Kier alpha value is -3.33. The fourth-order valence-corrected chi connectivity index (χ4v) is 3.68. The van der Waals surface area contributed by atoms with Crippen molar-refractivity contribution in [2.75, 3.05) is 0 Å². The van der Waals surface area contributed by atoms with Gasteiger partial charge in [-0.1, -0.05) is 41.4 Å². The van der Waals surface area contributed by atoms with Crippen molar-refractivity contribution in [2.45, 2.75) is 32.1 Å². The number of carbonyl (C=O) groups excluding carboxylic acids is 1. The van der Waals surface area contributed by atoms with E-state index in [4.69, 9.17) is 16.0 Å². The molecule has 6 nitrogen and oxygen atoms in total. The number of pyridine rings is 1. The zero-order valence-electron chi connectivity index (χ0n) is 16.8. The monoisotopic (exact) mass is 463 g/mol. The second-order valence-corrected chi connectivity index (χ2v) is 7.80. The van der Waals surface area contributed by atoms with E-state index in [2.05, 4.69) is 5.10 Å². The molecule has 0 fully saturated rings. The Morgan fingerprint density at radius 1 is 1.25 bits per heavy atom. The van der Waals surface area contributed by atoms with E-state index >= 15 is 0 Å². The van der Waals surface area contributed by atoms with Crippen LogP contribution in [0.4, 0.5) is 13.2 Å². The van der Waals surface area contributed by atoms with Crippen LogP contribution in [-0.2, 0) is 17.5 Å². The zero-order chi connectivity index (χ0) is 23.0. The number of nitrogens with zero attached hydrogens (tertiary/aromatic N) is 3. The highest BCUT2D eigenvalue weighted by Gasteiger charge is 2.36. The highest BCUT2D eigenvalue weighted by atomic mass is 35.5. The molecular weight excluding hydrogens is 447 g/mol. The number of halogens is 4. The summed E-state index contributed by atoms with van der Waals surface area (Å²) in [6.45, 7) is 1.28. The van der Waals surface area contributed by atoms with E-state index in [0.717, 1.165) is 16.1 Å². The van der Waals surface area contributed by atoms with Crippen molar-refractivity contribution in [1.82, 2.24) is 9.58 Å². The lowest BCUT2D eigenvalue weighted by atomic mass is 10.0. The van der Waals surface area contributed by atoms with Gasteiger partial charge in [0.2, 0.25) is 0 Å². The first-order valence-corrected chi connectivity index (χ1v) is 9.98. The molecule has 0 N–H and O–H groups in total. The van der Waals surface area contributed by atoms with Crippen LogP contribution in [0.15, 0.2) is 69.2 Å². The Balaban J connectivity index is 1.68. The predicted molar refractivity (Wildman–Crippen MR) is 111 cm³/mol. The van der Waals surface area contributed by atoms with Crippen molar-refractivity contribution in [3.63, 3.8) is 0 Å². The molecule has 166 valence electrons. The van der Waals surface area contributed by atoms with Crippen molar-refractivity contribution >= 4 is 23.2 Å². The third-order valence-corrected chi connectivity index (χ3v) is 5.37. The minimum Gasteiger partial charge on any atom is -0.467 e. The Bertz CT molecular complexity index is 1230. The summed E-state index contributed by atoms with van der Waals surface area (Å²) >= 11 is 5.69. The second kappa shape index (κ2) is 8.31. The van der Waals surface area contributed by atoms with E-state index in [9.17, 15) is 22.8 Å². The summed E-state index contributed by atoms with van der Waals surface area (Å²) in [7, 11) is 0. The molecule has 1 aromatic carbocycles. The first kappa shape index (κ1) is 21.9. The smallest absolute Gasteiger partial charge is 0.417 e. The maximum Gasteiger partial charge on any atom is 0.417 e. The van der Waals surface area contributed by atoms with Gasteiger partial charge in [0.15, 0.2) is 0 Å². The average Bonchev–Trinajstić information content (AvgIpc) is 3.40. The van der Waals surface area contributed by atoms with Crippen LogP contribution < -0.4 is 5.56 Å². The molecule has 0 saturated carbocycles. The van der Waals surface area contributed by atoms with Gasteiger partial charge in [-0.25, -0.2) is 5.01 Å². The molecule has 0 aliphatic carbocycles. The summed E-state index contributed by atoms with van der Waals surface area (Å²) in [5.74, 6) is -0.204. The molecule has 0 bridgehead atoms. The number of rotatable bonds is 4. The molecule has 1 amide bonds. The molecule has 4 rings (SSSR count). The first-order chi connectivity index (χ1) is 15.1. The molecule has 1 aliphatic rings. The number of aromatic nitrogens is 1. The number of amides is 1. The summed E-state index contributed by atoms with van der Waals surface area (Å²) in [5.41, 5.74) is 0.465. The van der Waals surface area contributed by atoms with Crippen molar-refractivity contribution in [2.24, 2.45) is 5.10 Å². The minimum atomic E-state index is -4.72. The molecule has 1 aliphatic heterocycles. The van der Waals surface area contributed by atoms with Crippen molar-refractivity contribution in [1.29, 1.82) is 0 Å². The molecule has 0 unspecified atom stereocenters. The lowest BCUT2D eigenvalue weighted by molar-refractivity contribution is -0.139. The third-order valence-electron chi connectivity index (χ3n) is 5.10. The number of hydrazone groups is 1. The van der Waals surface area contributed by atoms with Gasteiger partial charge in [0.1, 0.15) is 23.4 Å². The van der Waals surface area contributed by atoms with Gasteiger partial charge in [-0.2, -0.15) is 18.3 Å². The summed E-state index contributed by atoms with van der Waals surface area (Å²) < 4.78 is 45.5. The first-order valence-electron chi connectivity index (χ1n) is 9.60. The van der Waals surface area contributed by atoms with Gasteiger partial charge in [0.05, 0.1) is 17.5 Å². The number of aryl methyl sites for hydroxylation is 1. The summed E-state index contributed by atoms with van der Waals surface area (Å²) in [5, 5.41) is 4.94. The highest BCUT2D eigenvalue weighted by molar-refractivity contribution is 6.30. The number of hydrogen-bond donors (Lipinski definition) is 0. The maximum atomic E-state index is 13.1. The van der Waals surface area contributed by atoms with E-state index in [1.165, 1.54) is 6.26 Å². The lowest BCUT2D eigenvalue weighted by Crippen LogP contribution is -2.34. The number of hydrogen-bond acceptors (Lipinski definition) is 4. The molecule has 3 heterocycles. The maximum absolute atomic E-state index is 13.1. The Morgan fingerprint density at radius 2 is 1.97 bits per heavy atom. The summed E-state index contributed by atoms with van der Waals surface area (Å²) in [4.78, 5) is 25.3. The van der Waals surface area contributed by atoms with Crippen LogP contribution in [0.25, 0.3) is 0 Å².